The van der Waals surface area contributed by atoms with E-state index in [4.69, 9.17) is 4.74 Å². The Morgan fingerprint density at radius 3 is 2.19 bits per heavy atom. The lowest BCUT2D eigenvalue weighted by molar-refractivity contribution is -0.907. The van der Waals surface area contributed by atoms with Crippen LogP contribution in [0.5, 0.6) is 0 Å². The van der Waals surface area contributed by atoms with E-state index in [2.05, 4.69) is 5.32 Å². The molecule has 3 atom stereocenters. The fourth-order valence-corrected chi connectivity index (χ4v) is 4.85. The number of benzene rings is 1. The molecule has 0 radical (unpaired) electrons. The van der Waals surface area contributed by atoms with Crippen LogP contribution in [0.25, 0.3) is 0 Å². The summed E-state index contributed by atoms with van der Waals surface area (Å²) in [5, 5.41) is 2.85. The summed E-state index contributed by atoms with van der Waals surface area (Å²) in [6.45, 7) is 10.5. The first kappa shape index (κ1) is 20.8. The van der Waals surface area contributed by atoms with Gasteiger partial charge in [-0.15, -0.1) is 0 Å². The van der Waals surface area contributed by atoms with Crippen molar-refractivity contribution in [1.82, 2.24) is 4.31 Å². The Bertz CT molecular complexity index is 692. The molecule has 1 fully saturated rings. The van der Waals surface area contributed by atoms with Gasteiger partial charge in [0.05, 0.1) is 4.90 Å². The summed E-state index contributed by atoms with van der Waals surface area (Å²) in [5.74, 6) is -0.0827. The van der Waals surface area contributed by atoms with Crippen molar-refractivity contribution in [1.29, 1.82) is 0 Å². The molecule has 2 N–H and O–H groups in total. The van der Waals surface area contributed by atoms with Crippen molar-refractivity contribution in [3.8, 4) is 0 Å². The Morgan fingerprint density at radius 1 is 1.15 bits per heavy atom. The fraction of sp³-hybridized carbons (Fsp3) is 0.611. The van der Waals surface area contributed by atoms with E-state index in [9.17, 15) is 13.2 Å². The third kappa shape index (κ3) is 5.26. The highest BCUT2D eigenvalue weighted by atomic mass is 32.2. The van der Waals surface area contributed by atoms with Gasteiger partial charge in [0.2, 0.25) is 10.0 Å². The van der Waals surface area contributed by atoms with Crippen molar-refractivity contribution in [2.24, 2.45) is 0 Å². The van der Waals surface area contributed by atoms with E-state index >= 15 is 0 Å². The lowest BCUT2D eigenvalue weighted by atomic mass is 10.2. The lowest BCUT2D eigenvalue weighted by Gasteiger charge is -2.31. The van der Waals surface area contributed by atoms with Gasteiger partial charge in [-0.1, -0.05) is 13.8 Å². The van der Waals surface area contributed by atoms with Crippen molar-refractivity contribution < 1.29 is 22.8 Å². The zero-order valence-electron chi connectivity index (χ0n) is 16.0. The van der Waals surface area contributed by atoms with Crippen LogP contribution in [-0.2, 0) is 19.6 Å². The lowest BCUT2D eigenvalue weighted by Crippen LogP contribution is -3.16. The number of nitrogens with zero attached hydrogens (tertiary/aromatic N) is 1. The molecule has 0 aliphatic carbocycles. The number of hydrogen-bond acceptors (Lipinski definition) is 4. The molecule has 146 valence electrons. The Balaban J connectivity index is 1.97. The van der Waals surface area contributed by atoms with Crippen molar-refractivity contribution in [2.45, 2.75) is 44.8 Å². The predicted octanol–water partition coefficient (Wildman–Crippen LogP) is 0.348. The van der Waals surface area contributed by atoms with Crippen molar-refractivity contribution in [3.63, 3.8) is 0 Å². The molecular formula is C18H30N3O4S+. The van der Waals surface area contributed by atoms with E-state index in [1.807, 2.05) is 27.7 Å². The Morgan fingerprint density at radius 2 is 1.69 bits per heavy atom. The van der Waals surface area contributed by atoms with E-state index in [1.54, 1.807) is 12.1 Å². The van der Waals surface area contributed by atoms with Gasteiger partial charge in [-0.3, -0.25) is 4.79 Å². The third-order valence-corrected chi connectivity index (χ3v) is 6.57. The number of ether oxygens (including phenoxy) is 1. The van der Waals surface area contributed by atoms with Crippen LogP contribution in [0.3, 0.4) is 0 Å². The first-order valence-corrected chi connectivity index (χ1v) is 10.6. The number of nitrogens with one attached hydrogen (secondary N) is 2. The monoisotopic (exact) mass is 384 g/mol. The summed E-state index contributed by atoms with van der Waals surface area (Å²) in [5.41, 5.74) is 0.599. The third-order valence-electron chi connectivity index (χ3n) is 4.51. The van der Waals surface area contributed by atoms with Crippen LogP contribution < -0.4 is 10.2 Å². The summed E-state index contributed by atoms with van der Waals surface area (Å²) in [6, 6.07) is 6.34. The van der Waals surface area contributed by atoms with Crippen molar-refractivity contribution in [2.75, 3.05) is 38.0 Å². The number of sulfonamides is 1. The van der Waals surface area contributed by atoms with Gasteiger partial charge in [0.15, 0.2) is 6.54 Å². The van der Waals surface area contributed by atoms with Crippen LogP contribution in [0, 0.1) is 0 Å². The quantitative estimate of drug-likeness (QED) is 0.711. The molecule has 1 amide bonds. The van der Waals surface area contributed by atoms with Crippen molar-refractivity contribution in [3.05, 3.63) is 24.3 Å². The fourth-order valence-electron chi connectivity index (χ4n) is 3.39. The summed E-state index contributed by atoms with van der Waals surface area (Å²) in [4.78, 5) is 13.7. The molecule has 1 aromatic rings. The average molecular weight is 385 g/mol. The van der Waals surface area contributed by atoms with Crippen LogP contribution in [-0.4, -0.2) is 63.6 Å². The molecule has 1 aliphatic rings. The first-order valence-electron chi connectivity index (χ1n) is 9.15. The highest BCUT2D eigenvalue weighted by molar-refractivity contribution is 7.89. The Labute approximate surface area is 156 Å². The molecule has 1 saturated heterocycles. The van der Waals surface area contributed by atoms with E-state index < -0.39 is 10.0 Å². The average Bonchev–Trinajstić information content (AvgIpc) is 2.55. The second-order valence-corrected chi connectivity index (χ2v) is 8.69. The molecule has 0 spiro atoms. The van der Waals surface area contributed by atoms with E-state index in [0.717, 1.165) is 13.1 Å². The number of rotatable bonds is 7. The Kier molecular flexibility index (Phi) is 7.16. The molecule has 0 bridgehead atoms. The smallest absolute Gasteiger partial charge is 0.279 e. The molecule has 1 aliphatic heterocycles. The summed E-state index contributed by atoms with van der Waals surface area (Å²) < 4.78 is 32.0. The van der Waals surface area contributed by atoms with Gasteiger partial charge < -0.3 is 15.0 Å². The molecular weight excluding hydrogens is 354 g/mol. The SMILES string of the molecule is CCN(CC)S(=O)(=O)c1ccc(NC(=O)C[NH+]2C[C@@H](C)O[C@@H](C)C2)cc1. The zero-order chi connectivity index (χ0) is 19.3. The molecule has 1 aromatic carbocycles. The highest BCUT2D eigenvalue weighted by Gasteiger charge is 2.27. The Hall–Kier alpha value is -1.48. The maximum absolute atomic E-state index is 12.5. The summed E-state index contributed by atoms with van der Waals surface area (Å²) >= 11 is 0. The largest absolute Gasteiger partial charge is 0.364 e. The number of carbonyl (C=O) groups is 1. The molecule has 0 aromatic heterocycles. The van der Waals surface area contributed by atoms with Crippen LogP contribution >= 0.6 is 0 Å². The van der Waals surface area contributed by atoms with Crippen LogP contribution in [0.1, 0.15) is 27.7 Å². The van der Waals surface area contributed by atoms with Gasteiger partial charge >= 0.3 is 0 Å². The second-order valence-electron chi connectivity index (χ2n) is 6.75. The maximum Gasteiger partial charge on any atom is 0.279 e. The number of hydrogen-bond donors (Lipinski definition) is 2. The molecule has 7 nitrogen and oxygen atoms in total. The number of morpholine rings is 1. The highest BCUT2D eigenvalue weighted by Crippen LogP contribution is 2.18. The number of amides is 1. The number of quaternary nitrogens is 1. The minimum Gasteiger partial charge on any atom is -0.364 e. The minimum absolute atomic E-state index is 0.0827. The standard InChI is InChI=1S/C18H29N3O4S/c1-5-21(6-2)26(23,24)17-9-7-16(8-10-17)19-18(22)13-20-11-14(3)25-15(4)12-20/h7-10,14-15H,5-6,11-13H2,1-4H3,(H,19,22)/p+1/t14-,15+. The van der Waals surface area contributed by atoms with Gasteiger partial charge in [-0.2, -0.15) is 4.31 Å². The number of anilines is 1. The van der Waals surface area contributed by atoms with Gasteiger partial charge in [-0.25, -0.2) is 8.42 Å². The molecule has 0 saturated carbocycles. The van der Waals surface area contributed by atoms with E-state index in [1.165, 1.54) is 21.3 Å². The van der Waals surface area contributed by atoms with Crippen LogP contribution in [0.15, 0.2) is 29.2 Å². The van der Waals surface area contributed by atoms with Gasteiger partial charge in [0.25, 0.3) is 5.91 Å². The summed E-state index contributed by atoms with van der Waals surface area (Å²) in [6.07, 6.45) is 0.289. The maximum atomic E-state index is 12.5. The predicted molar refractivity (Wildman–Crippen MR) is 101 cm³/mol. The van der Waals surface area contributed by atoms with Gasteiger partial charge in [-0.05, 0) is 38.1 Å². The first-order chi connectivity index (χ1) is 12.3. The topological polar surface area (TPSA) is 80.2 Å². The van der Waals surface area contributed by atoms with Gasteiger partial charge in [0.1, 0.15) is 25.3 Å². The molecule has 1 unspecified atom stereocenters. The van der Waals surface area contributed by atoms with Crippen molar-refractivity contribution >= 4 is 21.6 Å². The molecule has 8 heteroatoms. The van der Waals surface area contributed by atoms with E-state index in [-0.39, 0.29) is 23.0 Å². The molecule has 1 heterocycles. The number of carbonyl (C=O) groups excluding carboxylic acids is 1. The van der Waals surface area contributed by atoms with E-state index in [0.29, 0.717) is 25.3 Å². The van der Waals surface area contributed by atoms with Crippen LogP contribution in [0.4, 0.5) is 5.69 Å². The minimum atomic E-state index is -3.48. The molecule has 26 heavy (non-hydrogen) atoms. The zero-order valence-corrected chi connectivity index (χ0v) is 16.8. The normalized spacial score (nSPS) is 23.8. The van der Waals surface area contributed by atoms with Crippen LogP contribution in [0.2, 0.25) is 0 Å². The second kappa shape index (κ2) is 8.94. The molecule has 2 rings (SSSR count). The summed E-state index contributed by atoms with van der Waals surface area (Å²) in [7, 11) is -3.48. The van der Waals surface area contributed by atoms with Gasteiger partial charge in [0, 0.05) is 18.8 Å².